The van der Waals surface area contributed by atoms with E-state index in [0.717, 1.165) is 45.2 Å². The van der Waals surface area contributed by atoms with E-state index in [1.807, 2.05) is 4.90 Å². The van der Waals surface area contributed by atoms with Gasteiger partial charge in [-0.25, -0.2) is 9.18 Å². The molecule has 132 valence electrons. The van der Waals surface area contributed by atoms with E-state index >= 15 is 0 Å². The molecule has 2 aliphatic rings. The van der Waals surface area contributed by atoms with Gasteiger partial charge >= 0.3 is 6.03 Å². The Kier molecular flexibility index (Phi) is 5.23. The SMILES string of the molecule is CN(CC1CCCC1O)C(=O)Nc1ccc(N2CCCC2)c(F)c1. The number of carbonyl (C=O) groups excluding carboxylic acids is 1. The number of benzene rings is 1. The van der Waals surface area contributed by atoms with Crippen LogP contribution in [-0.4, -0.2) is 48.8 Å². The van der Waals surface area contributed by atoms with Crippen molar-refractivity contribution in [1.82, 2.24) is 4.90 Å². The second kappa shape index (κ2) is 7.38. The molecule has 1 aromatic rings. The van der Waals surface area contributed by atoms with Crippen molar-refractivity contribution in [2.45, 2.75) is 38.2 Å². The fraction of sp³-hybridized carbons (Fsp3) is 0.611. The molecule has 0 aromatic heterocycles. The molecule has 1 heterocycles. The summed E-state index contributed by atoms with van der Waals surface area (Å²) in [5, 5.41) is 12.6. The molecule has 1 aliphatic carbocycles. The third-order valence-electron chi connectivity index (χ3n) is 5.12. The number of carbonyl (C=O) groups is 1. The fourth-order valence-corrected chi connectivity index (χ4v) is 3.68. The van der Waals surface area contributed by atoms with Crippen LogP contribution in [0.15, 0.2) is 18.2 Å². The van der Waals surface area contributed by atoms with Gasteiger partial charge in [0.05, 0.1) is 11.8 Å². The van der Waals surface area contributed by atoms with Gasteiger partial charge in [-0.1, -0.05) is 6.42 Å². The van der Waals surface area contributed by atoms with E-state index in [2.05, 4.69) is 5.32 Å². The fourth-order valence-electron chi connectivity index (χ4n) is 3.68. The molecule has 0 bridgehead atoms. The molecule has 0 spiro atoms. The number of nitrogens with zero attached hydrogens (tertiary/aromatic N) is 2. The smallest absolute Gasteiger partial charge is 0.321 e. The number of urea groups is 1. The van der Waals surface area contributed by atoms with Crippen LogP contribution < -0.4 is 10.2 Å². The van der Waals surface area contributed by atoms with Gasteiger partial charge in [-0.15, -0.1) is 0 Å². The molecule has 2 atom stereocenters. The van der Waals surface area contributed by atoms with Gasteiger partial charge < -0.3 is 20.2 Å². The van der Waals surface area contributed by atoms with Crippen molar-refractivity contribution >= 4 is 17.4 Å². The highest BCUT2D eigenvalue weighted by Crippen LogP contribution is 2.27. The minimum atomic E-state index is -0.322. The number of nitrogens with one attached hydrogen (secondary N) is 1. The molecular weight excluding hydrogens is 309 g/mol. The Morgan fingerprint density at radius 3 is 2.71 bits per heavy atom. The van der Waals surface area contributed by atoms with Crippen LogP contribution >= 0.6 is 0 Å². The zero-order chi connectivity index (χ0) is 17.1. The minimum Gasteiger partial charge on any atom is -0.393 e. The highest BCUT2D eigenvalue weighted by atomic mass is 19.1. The van der Waals surface area contributed by atoms with Gasteiger partial charge in [-0.05, 0) is 43.9 Å². The first-order valence-corrected chi connectivity index (χ1v) is 8.79. The first-order chi connectivity index (χ1) is 11.5. The molecule has 5 nitrogen and oxygen atoms in total. The van der Waals surface area contributed by atoms with Crippen molar-refractivity contribution in [3.63, 3.8) is 0 Å². The van der Waals surface area contributed by atoms with Gasteiger partial charge in [0, 0.05) is 38.3 Å². The van der Waals surface area contributed by atoms with Crippen LogP contribution in [0.1, 0.15) is 32.1 Å². The van der Waals surface area contributed by atoms with E-state index < -0.39 is 0 Å². The van der Waals surface area contributed by atoms with Crippen LogP contribution in [0.25, 0.3) is 0 Å². The number of hydrogen-bond acceptors (Lipinski definition) is 3. The van der Waals surface area contributed by atoms with Gasteiger partial charge in [0.25, 0.3) is 0 Å². The van der Waals surface area contributed by atoms with Crippen LogP contribution in [0.4, 0.5) is 20.6 Å². The summed E-state index contributed by atoms with van der Waals surface area (Å²) in [6.07, 6.45) is 4.62. The molecule has 0 radical (unpaired) electrons. The highest BCUT2D eigenvalue weighted by molar-refractivity contribution is 5.89. The Labute approximate surface area is 142 Å². The summed E-state index contributed by atoms with van der Waals surface area (Å²) in [6.45, 7) is 2.28. The quantitative estimate of drug-likeness (QED) is 0.889. The largest absolute Gasteiger partial charge is 0.393 e. The molecular formula is C18H26FN3O2. The lowest BCUT2D eigenvalue weighted by Gasteiger charge is -2.24. The van der Waals surface area contributed by atoms with Gasteiger partial charge in [0.1, 0.15) is 5.82 Å². The minimum absolute atomic E-state index is 0.134. The molecule has 1 saturated heterocycles. The molecule has 2 amide bonds. The zero-order valence-electron chi connectivity index (χ0n) is 14.2. The molecule has 2 N–H and O–H groups in total. The molecule has 1 aromatic carbocycles. The van der Waals surface area contributed by atoms with Crippen LogP contribution in [0.5, 0.6) is 0 Å². The Balaban J connectivity index is 1.58. The Morgan fingerprint density at radius 1 is 1.33 bits per heavy atom. The summed E-state index contributed by atoms with van der Waals surface area (Å²) in [4.78, 5) is 15.9. The van der Waals surface area contributed by atoms with Crippen molar-refractivity contribution in [3.8, 4) is 0 Å². The van der Waals surface area contributed by atoms with Gasteiger partial charge in [0.15, 0.2) is 0 Å². The molecule has 6 heteroatoms. The van der Waals surface area contributed by atoms with Crippen LogP contribution in [0, 0.1) is 11.7 Å². The number of amides is 2. The van der Waals surface area contributed by atoms with Crippen molar-refractivity contribution in [1.29, 1.82) is 0 Å². The molecule has 2 unspecified atom stereocenters. The summed E-state index contributed by atoms with van der Waals surface area (Å²) in [5.74, 6) is -0.168. The number of anilines is 2. The van der Waals surface area contributed by atoms with E-state index in [0.29, 0.717) is 17.9 Å². The second-order valence-corrected chi connectivity index (χ2v) is 6.93. The van der Waals surface area contributed by atoms with Gasteiger partial charge in [0.2, 0.25) is 0 Å². The summed E-state index contributed by atoms with van der Waals surface area (Å²) in [5.41, 5.74) is 1.06. The van der Waals surface area contributed by atoms with Crippen molar-refractivity contribution < 1.29 is 14.3 Å². The first-order valence-electron chi connectivity index (χ1n) is 8.79. The van der Waals surface area contributed by atoms with E-state index in [9.17, 15) is 14.3 Å². The topological polar surface area (TPSA) is 55.8 Å². The van der Waals surface area contributed by atoms with E-state index in [1.165, 1.54) is 6.07 Å². The maximum absolute atomic E-state index is 14.3. The van der Waals surface area contributed by atoms with Crippen LogP contribution in [0.3, 0.4) is 0 Å². The van der Waals surface area contributed by atoms with E-state index in [-0.39, 0.29) is 23.9 Å². The summed E-state index contributed by atoms with van der Waals surface area (Å²) >= 11 is 0. The Hall–Kier alpha value is -1.82. The van der Waals surface area contributed by atoms with Crippen LogP contribution in [0.2, 0.25) is 0 Å². The maximum Gasteiger partial charge on any atom is 0.321 e. The van der Waals surface area contributed by atoms with E-state index in [1.54, 1.807) is 24.1 Å². The molecule has 2 fully saturated rings. The predicted octanol–water partition coefficient (Wildman–Crippen LogP) is 3.05. The number of aliphatic hydroxyl groups is 1. The van der Waals surface area contributed by atoms with E-state index in [4.69, 9.17) is 0 Å². The Bertz CT molecular complexity index is 590. The number of aliphatic hydroxyl groups excluding tert-OH is 1. The second-order valence-electron chi connectivity index (χ2n) is 6.93. The van der Waals surface area contributed by atoms with Crippen molar-refractivity contribution in [2.24, 2.45) is 5.92 Å². The number of rotatable bonds is 4. The van der Waals surface area contributed by atoms with Crippen LogP contribution in [-0.2, 0) is 0 Å². The average Bonchev–Trinajstić information content (AvgIpc) is 3.20. The third kappa shape index (κ3) is 3.80. The van der Waals surface area contributed by atoms with Crippen molar-refractivity contribution in [2.75, 3.05) is 36.9 Å². The lowest BCUT2D eigenvalue weighted by molar-refractivity contribution is 0.116. The van der Waals surface area contributed by atoms with Gasteiger partial charge in [-0.3, -0.25) is 0 Å². The lowest BCUT2D eigenvalue weighted by Crippen LogP contribution is -2.37. The third-order valence-corrected chi connectivity index (χ3v) is 5.12. The molecule has 1 saturated carbocycles. The highest BCUT2D eigenvalue weighted by Gasteiger charge is 2.27. The molecule has 24 heavy (non-hydrogen) atoms. The lowest BCUT2D eigenvalue weighted by atomic mass is 10.1. The number of halogens is 1. The van der Waals surface area contributed by atoms with Crippen molar-refractivity contribution in [3.05, 3.63) is 24.0 Å². The average molecular weight is 335 g/mol. The standard InChI is InChI=1S/C18H26FN3O2/c1-21(12-13-5-4-6-17(13)23)18(24)20-14-7-8-16(15(19)11-14)22-9-2-3-10-22/h7-8,11,13,17,23H,2-6,9-10,12H2,1H3,(H,20,24). The predicted molar refractivity (Wildman–Crippen MR) is 92.8 cm³/mol. The monoisotopic (exact) mass is 335 g/mol. The zero-order valence-corrected chi connectivity index (χ0v) is 14.2. The number of hydrogen-bond donors (Lipinski definition) is 2. The Morgan fingerprint density at radius 2 is 2.08 bits per heavy atom. The molecule has 3 rings (SSSR count). The normalized spacial score (nSPS) is 23.5. The maximum atomic E-state index is 14.3. The van der Waals surface area contributed by atoms with Gasteiger partial charge in [-0.2, -0.15) is 0 Å². The summed E-state index contributed by atoms with van der Waals surface area (Å²) in [6, 6.07) is 4.58. The summed E-state index contributed by atoms with van der Waals surface area (Å²) < 4.78 is 14.3. The summed E-state index contributed by atoms with van der Waals surface area (Å²) in [7, 11) is 1.70. The first kappa shape index (κ1) is 17.0. The molecule has 1 aliphatic heterocycles.